The van der Waals surface area contributed by atoms with Crippen molar-refractivity contribution in [2.24, 2.45) is 0 Å². The Bertz CT molecular complexity index is 604. The van der Waals surface area contributed by atoms with E-state index in [4.69, 9.17) is 0 Å². The Balaban J connectivity index is 2.62. The topological polar surface area (TPSA) is 4.93 Å². The van der Waals surface area contributed by atoms with E-state index in [9.17, 15) is 30.7 Å². The smallest absolute Gasteiger partial charge is 0.312 e. The molecule has 108 valence electrons. The van der Waals surface area contributed by atoms with Crippen LogP contribution in [0.3, 0.4) is 0 Å². The lowest BCUT2D eigenvalue weighted by molar-refractivity contribution is -0.143. The number of benzene rings is 1. The van der Waals surface area contributed by atoms with Gasteiger partial charge in [-0.05, 0) is 30.3 Å². The summed E-state index contributed by atoms with van der Waals surface area (Å²) in [5, 5.41) is 0. The molecule has 0 amide bonds. The van der Waals surface area contributed by atoms with Crippen LogP contribution in [0.5, 0.6) is 0 Å². The molecular weight excluding hydrogens is 291 g/mol. The van der Waals surface area contributed by atoms with Crippen molar-refractivity contribution in [2.75, 3.05) is 0 Å². The Kier molecular flexibility index (Phi) is 3.27. The van der Waals surface area contributed by atoms with Gasteiger partial charge in [0, 0.05) is 11.9 Å². The Morgan fingerprint density at radius 1 is 0.800 bits per heavy atom. The lowest BCUT2D eigenvalue weighted by Gasteiger charge is -2.11. The molecule has 0 spiro atoms. The quantitative estimate of drug-likeness (QED) is 0.675. The van der Waals surface area contributed by atoms with Crippen molar-refractivity contribution in [2.45, 2.75) is 12.4 Å². The first-order valence-corrected chi connectivity index (χ1v) is 5.22. The van der Waals surface area contributed by atoms with Crippen LogP contribution in [0.2, 0.25) is 0 Å². The average Bonchev–Trinajstić information content (AvgIpc) is 2.74. The van der Waals surface area contributed by atoms with Crippen LogP contribution in [-0.2, 0) is 12.4 Å². The minimum absolute atomic E-state index is 0.0172. The van der Waals surface area contributed by atoms with Gasteiger partial charge in [0.25, 0.3) is 0 Å². The van der Waals surface area contributed by atoms with E-state index in [1.54, 1.807) is 0 Å². The summed E-state index contributed by atoms with van der Waals surface area (Å²) in [6, 6.07) is 3.67. The summed E-state index contributed by atoms with van der Waals surface area (Å²) >= 11 is 0. The molecule has 1 nitrogen and oxygen atoms in total. The summed E-state index contributed by atoms with van der Waals surface area (Å²) in [5.74, 6) is -0.703. The molecule has 0 aliphatic heterocycles. The molecule has 0 unspecified atom stereocenters. The zero-order valence-corrected chi connectivity index (χ0v) is 9.56. The SMILES string of the molecule is Fc1ccc(-n2cc(C(F)(F)F)cc2C(F)(F)F)cc1. The van der Waals surface area contributed by atoms with Gasteiger partial charge in [0.2, 0.25) is 0 Å². The number of rotatable bonds is 1. The largest absolute Gasteiger partial charge is 0.431 e. The van der Waals surface area contributed by atoms with Gasteiger partial charge in [-0.25, -0.2) is 4.39 Å². The first-order valence-electron chi connectivity index (χ1n) is 5.22. The lowest BCUT2D eigenvalue weighted by atomic mass is 10.3. The minimum Gasteiger partial charge on any atom is -0.312 e. The van der Waals surface area contributed by atoms with Crippen molar-refractivity contribution >= 4 is 0 Å². The highest BCUT2D eigenvalue weighted by Gasteiger charge is 2.40. The molecule has 0 atom stereocenters. The van der Waals surface area contributed by atoms with E-state index in [0.29, 0.717) is 10.8 Å². The van der Waals surface area contributed by atoms with Crippen LogP contribution in [0.1, 0.15) is 11.3 Å². The highest BCUT2D eigenvalue weighted by molar-refractivity contribution is 5.39. The van der Waals surface area contributed by atoms with Crippen molar-refractivity contribution in [3.8, 4) is 5.69 Å². The van der Waals surface area contributed by atoms with E-state index in [0.717, 1.165) is 24.3 Å². The molecule has 0 saturated carbocycles. The predicted molar refractivity (Wildman–Crippen MR) is 55.7 cm³/mol. The third kappa shape index (κ3) is 2.78. The van der Waals surface area contributed by atoms with Crippen LogP contribution < -0.4 is 0 Å². The van der Waals surface area contributed by atoms with E-state index in [-0.39, 0.29) is 11.8 Å². The molecule has 2 rings (SSSR count). The molecule has 8 heteroatoms. The van der Waals surface area contributed by atoms with Crippen molar-refractivity contribution in [1.82, 2.24) is 4.57 Å². The average molecular weight is 297 g/mol. The summed E-state index contributed by atoms with van der Waals surface area (Å²) in [4.78, 5) is 0. The minimum atomic E-state index is -4.96. The molecule has 0 N–H and O–H groups in total. The fraction of sp³-hybridized carbons (Fsp3) is 0.167. The molecular formula is C12H6F7N. The first-order chi connectivity index (χ1) is 9.09. The molecule has 2 aromatic rings. The molecule has 1 aromatic heterocycles. The van der Waals surface area contributed by atoms with Gasteiger partial charge in [0.05, 0.1) is 5.56 Å². The maximum atomic E-state index is 12.8. The van der Waals surface area contributed by atoms with E-state index < -0.39 is 29.4 Å². The van der Waals surface area contributed by atoms with Crippen LogP contribution in [0.15, 0.2) is 36.5 Å². The normalized spacial score (nSPS) is 12.8. The van der Waals surface area contributed by atoms with E-state index in [1.165, 1.54) is 0 Å². The second-order valence-corrected chi connectivity index (χ2v) is 3.96. The van der Waals surface area contributed by atoms with Crippen LogP contribution >= 0.6 is 0 Å². The van der Waals surface area contributed by atoms with Crippen molar-refractivity contribution < 1.29 is 30.7 Å². The Morgan fingerprint density at radius 3 is 1.80 bits per heavy atom. The molecule has 0 saturated heterocycles. The summed E-state index contributed by atoms with van der Waals surface area (Å²) in [7, 11) is 0. The zero-order chi connectivity index (χ0) is 15.1. The number of aromatic nitrogens is 1. The third-order valence-electron chi connectivity index (χ3n) is 2.54. The van der Waals surface area contributed by atoms with Crippen molar-refractivity contribution in [3.05, 3.63) is 53.6 Å². The maximum Gasteiger partial charge on any atom is 0.431 e. The van der Waals surface area contributed by atoms with Crippen molar-refractivity contribution in [3.63, 3.8) is 0 Å². The monoisotopic (exact) mass is 297 g/mol. The molecule has 0 bridgehead atoms. The zero-order valence-electron chi connectivity index (χ0n) is 9.56. The molecule has 0 fully saturated rings. The fourth-order valence-electron chi connectivity index (χ4n) is 1.65. The van der Waals surface area contributed by atoms with Gasteiger partial charge in [-0.1, -0.05) is 0 Å². The van der Waals surface area contributed by atoms with Crippen LogP contribution in [0.4, 0.5) is 30.7 Å². The van der Waals surface area contributed by atoms with Crippen LogP contribution in [0.25, 0.3) is 5.69 Å². The summed E-state index contributed by atoms with van der Waals surface area (Å²) in [6.45, 7) is 0. The van der Waals surface area contributed by atoms with Gasteiger partial charge < -0.3 is 4.57 Å². The molecule has 20 heavy (non-hydrogen) atoms. The van der Waals surface area contributed by atoms with E-state index in [1.807, 2.05) is 0 Å². The molecule has 0 radical (unpaired) electrons. The standard InChI is InChI=1S/C12H6F7N/c13-8-1-3-9(4-2-8)20-6-7(11(14,15)16)5-10(20)12(17,18)19/h1-6H. The summed E-state index contributed by atoms with van der Waals surface area (Å²) < 4.78 is 88.8. The number of hydrogen-bond donors (Lipinski definition) is 0. The predicted octanol–water partition coefficient (Wildman–Crippen LogP) is 4.65. The Morgan fingerprint density at radius 2 is 1.35 bits per heavy atom. The molecule has 0 aliphatic carbocycles. The fourth-order valence-corrected chi connectivity index (χ4v) is 1.65. The van der Waals surface area contributed by atoms with E-state index in [2.05, 4.69) is 0 Å². The van der Waals surface area contributed by atoms with Gasteiger partial charge in [0.1, 0.15) is 11.5 Å². The molecule has 1 aromatic carbocycles. The lowest BCUT2D eigenvalue weighted by Crippen LogP contribution is -2.11. The maximum absolute atomic E-state index is 12.8. The third-order valence-corrected chi connectivity index (χ3v) is 2.54. The van der Waals surface area contributed by atoms with E-state index >= 15 is 0 Å². The number of nitrogens with zero attached hydrogens (tertiary/aromatic N) is 1. The van der Waals surface area contributed by atoms with Gasteiger partial charge in [0.15, 0.2) is 0 Å². The number of alkyl halides is 6. The van der Waals surface area contributed by atoms with Crippen LogP contribution in [-0.4, -0.2) is 4.57 Å². The molecule has 1 heterocycles. The molecule has 0 aliphatic rings. The summed E-state index contributed by atoms with van der Waals surface area (Å²) in [5.41, 5.74) is -3.11. The van der Waals surface area contributed by atoms with Gasteiger partial charge in [-0.15, -0.1) is 0 Å². The highest BCUT2D eigenvalue weighted by atomic mass is 19.4. The van der Waals surface area contributed by atoms with Gasteiger partial charge >= 0.3 is 12.4 Å². The van der Waals surface area contributed by atoms with Crippen molar-refractivity contribution in [1.29, 1.82) is 0 Å². The Labute approximate surface area is 108 Å². The second kappa shape index (κ2) is 4.53. The first kappa shape index (κ1) is 14.4. The number of halogens is 7. The highest BCUT2D eigenvalue weighted by Crippen LogP contribution is 2.38. The van der Waals surface area contributed by atoms with Crippen LogP contribution in [0, 0.1) is 5.82 Å². The number of hydrogen-bond acceptors (Lipinski definition) is 0. The second-order valence-electron chi connectivity index (χ2n) is 3.96. The van der Waals surface area contributed by atoms with Gasteiger partial charge in [-0.2, -0.15) is 26.3 Å². The Hall–Kier alpha value is -1.99. The van der Waals surface area contributed by atoms with Gasteiger partial charge in [-0.3, -0.25) is 0 Å². The summed E-state index contributed by atoms with van der Waals surface area (Å²) in [6.07, 6.45) is -9.53.